The summed E-state index contributed by atoms with van der Waals surface area (Å²) in [6, 6.07) is 24.9. The van der Waals surface area contributed by atoms with E-state index in [-0.39, 0.29) is 5.78 Å². The lowest BCUT2D eigenvalue weighted by molar-refractivity contribution is 0.104. The van der Waals surface area contributed by atoms with Crippen LogP contribution in [-0.2, 0) is 0 Å². The van der Waals surface area contributed by atoms with Crippen LogP contribution in [0.25, 0.3) is 20.5 Å². The molecule has 216 valence electrons. The van der Waals surface area contributed by atoms with Crippen molar-refractivity contribution in [2.24, 2.45) is 0 Å². The van der Waals surface area contributed by atoms with Gasteiger partial charge in [0.2, 0.25) is 0 Å². The molecule has 1 aromatic heterocycles. The number of benzene rings is 3. The molecule has 3 aromatic carbocycles. The zero-order chi connectivity index (χ0) is 28.8. The van der Waals surface area contributed by atoms with Crippen LogP contribution in [0.4, 0.5) is 0 Å². The van der Waals surface area contributed by atoms with E-state index in [4.69, 9.17) is 9.47 Å². The number of nitrogens with zero attached hydrogens (tertiary/aromatic N) is 2. The third kappa shape index (κ3) is 7.18. The van der Waals surface area contributed by atoms with Crippen LogP contribution in [0.3, 0.4) is 0 Å². The molecule has 0 saturated carbocycles. The van der Waals surface area contributed by atoms with Gasteiger partial charge in [-0.15, -0.1) is 11.3 Å². The number of carbonyl (C=O) groups excluding carboxylic acids is 1. The lowest BCUT2D eigenvalue weighted by Gasteiger charge is -2.30. The van der Waals surface area contributed by atoms with E-state index < -0.39 is 0 Å². The SMILES string of the molecule is CC(C)N(CCOc1ccc(C(=O)c2c(-c3ccc(OCCN4CCCC4)cc3)sc3ccccc23)cc1)C(C)C. The van der Waals surface area contributed by atoms with E-state index in [1.807, 2.05) is 54.6 Å². The lowest BCUT2D eigenvalue weighted by atomic mass is 9.97. The molecular weight excluding hydrogens is 528 g/mol. The van der Waals surface area contributed by atoms with Crippen molar-refractivity contribution in [3.63, 3.8) is 0 Å². The Balaban J connectivity index is 1.30. The number of hydrogen-bond acceptors (Lipinski definition) is 6. The Morgan fingerprint density at radius 1 is 0.829 bits per heavy atom. The first-order valence-corrected chi connectivity index (χ1v) is 15.7. The maximum Gasteiger partial charge on any atom is 0.195 e. The van der Waals surface area contributed by atoms with Gasteiger partial charge in [0.05, 0.1) is 0 Å². The predicted octanol–water partition coefficient (Wildman–Crippen LogP) is 7.77. The predicted molar refractivity (Wildman–Crippen MR) is 171 cm³/mol. The minimum absolute atomic E-state index is 0.0285. The van der Waals surface area contributed by atoms with Crippen molar-refractivity contribution < 1.29 is 14.3 Å². The van der Waals surface area contributed by atoms with Crippen molar-refractivity contribution in [1.82, 2.24) is 9.80 Å². The molecule has 1 aliphatic heterocycles. The van der Waals surface area contributed by atoms with E-state index >= 15 is 0 Å². The fourth-order valence-corrected chi connectivity index (χ4v) is 6.91. The molecule has 0 spiro atoms. The molecule has 5 nitrogen and oxygen atoms in total. The van der Waals surface area contributed by atoms with Crippen molar-refractivity contribution in [2.45, 2.75) is 52.6 Å². The van der Waals surface area contributed by atoms with E-state index in [9.17, 15) is 4.79 Å². The molecule has 0 atom stereocenters. The number of rotatable bonds is 13. The van der Waals surface area contributed by atoms with E-state index in [1.54, 1.807) is 11.3 Å². The molecule has 2 heterocycles. The normalized spacial score (nSPS) is 14.0. The summed E-state index contributed by atoms with van der Waals surface area (Å²) in [6.07, 6.45) is 2.58. The zero-order valence-corrected chi connectivity index (χ0v) is 25.6. The number of fused-ring (bicyclic) bond motifs is 1. The Bertz CT molecular complexity index is 1410. The first kappa shape index (κ1) is 29.3. The third-order valence-corrected chi connectivity index (χ3v) is 9.10. The summed E-state index contributed by atoms with van der Waals surface area (Å²) < 4.78 is 13.2. The van der Waals surface area contributed by atoms with Gasteiger partial charge in [-0.2, -0.15) is 0 Å². The largest absolute Gasteiger partial charge is 0.492 e. The Morgan fingerprint density at radius 3 is 2.10 bits per heavy atom. The Morgan fingerprint density at radius 2 is 1.44 bits per heavy atom. The lowest BCUT2D eigenvalue weighted by Crippen LogP contribution is -2.39. The highest BCUT2D eigenvalue weighted by atomic mass is 32.1. The van der Waals surface area contributed by atoms with Crippen LogP contribution in [0, 0.1) is 0 Å². The molecule has 0 radical (unpaired) electrons. The van der Waals surface area contributed by atoms with Gasteiger partial charge < -0.3 is 9.47 Å². The molecule has 0 unspecified atom stereocenters. The highest BCUT2D eigenvalue weighted by molar-refractivity contribution is 7.22. The van der Waals surface area contributed by atoms with E-state index in [1.165, 1.54) is 25.9 Å². The number of likely N-dealkylation sites (tertiary alicyclic amines) is 1. The standard InChI is InChI=1S/C35H42N2O3S/c1-25(2)37(26(3)4)22-24-40-29-15-11-27(12-16-29)34(38)33-31-9-5-6-10-32(31)41-35(33)28-13-17-30(18-14-28)39-23-21-36-19-7-8-20-36/h5-6,9-18,25-26H,7-8,19-24H2,1-4H3. The van der Waals surface area contributed by atoms with Crippen molar-refractivity contribution >= 4 is 27.2 Å². The summed E-state index contributed by atoms with van der Waals surface area (Å²) in [7, 11) is 0. The molecule has 0 amide bonds. The monoisotopic (exact) mass is 570 g/mol. The first-order valence-electron chi connectivity index (χ1n) is 14.9. The Labute approximate surface area is 248 Å². The second-order valence-corrected chi connectivity index (χ2v) is 12.4. The topological polar surface area (TPSA) is 42.0 Å². The summed E-state index contributed by atoms with van der Waals surface area (Å²) in [5.41, 5.74) is 2.45. The van der Waals surface area contributed by atoms with Crippen molar-refractivity contribution in [2.75, 3.05) is 39.4 Å². The van der Waals surface area contributed by atoms with Crippen LogP contribution in [0.1, 0.15) is 56.5 Å². The maximum absolute atomic E-state index is 13.9. The smallest absolute Gasteiger partial charge is 0.195 e. The van der Waals surface area contributed by atoms with Crippen molar-refractivity contribution in [1.29, 1.82) is 0 Å². The summed E-state index contributed by atoms with van der Waals surface area (Å²) in [6.45, 7) is 14.3. The molecule has 41 heavy (non-hydrogen) atoms. The van der Waals surface area contributed by atoms with Crippen LogP contribution >= 0.6 is 11.3 Å². The molecule has 4 aromatic rings. The molecule has 1 fully saturated rings. The van der Waals surface area contributed by atoms with Crippen LogP contribution in [0.5, 0.6) is 11.5 Å². The van der Waals surface area contributed by atoms with E-state index in [0.29, 0.717) is 30.9 Å². The van der Waals surface area contributed by atoms with Gasteiger partial charge in [-0.1, -0.05) is 18.2 Å². The highest BCUT2D eigenvalue weighted by Gasteiger charge is 2.22. The van der Waals surface area contributed by atoms with Gasteiger partial charge in [0.1, 0.15) is 24.7 Å². The number of thiophene rings is 1. The number of ether oxygens (including phenoxy) is 2. The molecule has 5 rings (SSSR count). The molecule has 1 aliphatic rings. The molecule has 6 heteroatoms. The summed E-state index contributed by atoms with van der Waals surface area (Å²) >= 11 is 1.66. The van der Waals surface area contributed by atoms with Crippen molar-refractivity contribution in [3.05, 3.63) is 83.9 Å². The first-order chi connectivity index (χ1) is 19.9. The third-order valence-electron chi connectivity index (χ3n) is 7.88. The Hall–Kier alpha value is -3.19. The molecular formula is C35H42N2O3S. The summed E-state index contributed by atoms with van der Waals surface area (Å²) in [5.74, 6) is 1.67. The molecule has 1 saturated heterocycles. The minimum Gasteiger partial charge on any atom is -0.492 e. The highest BCUT2D eigenvalue weighted by Crippen LogP contribution is 2.40. The summed E-state index contributed by atoms with van der Waals surface area (Å²) in [5, 5.41) is 0.992. The fourth-order valence-electron chi connectivity index (χ4n) is 5.70. The second kappa shape index (κ2) is 13.6. The van der Waals surface area contributed by atoms with Crippen molar-refractivity contribution in [3.8, 4) is 21.9 Å². The molecule has 0 bridgehead atoms. The van der Waals surface area contributed by atoms with Gasteiger partial charge in [0.15, 0.2) is 5.78 Å². The fraction of sp³-hybridized carbons (Fsp3) is 0.400. The zero-order valence-electron chi connectivity index (χ0n) is 24.8. The van der Waals surface area contributed by atoms with Gasteiger partial charge in [0.25, 0.3) is 0 Å². The Kier molecular flexibility index (Phi) is 9.76. The quantitative estimate of drug-likeness (QED) is 0.154. The average molecular weight is 571 g/mol. The van der Waals surface area contributed by atoms with Crippen LogP contribution < -0.4 is 9.47 Å². The van der Waals surface area contributed by atoms with Gasteiger partial charge in [0, 0.05) is 51.3 Å². The van der Waals surface area contributed by atoms with E-state index in [2.05, 4.69) is 55.7 Å². The minimum atomic E-state index is 0.0285. The molecule has 0 N–H and O–H groups in total. The van der Waals surface area contributed by atoms with Gasteiger partial charge >= 0.3 is 0 Å². The second-order valence-electron chi connectivity index (χ2n) is 11.4. The summed E-state index contributed by atoms with van der Waals surface area (Å²) in [4.78, 5) is 19.8. The number of hydrogen-bond donors (Lipinski definition) is 0. The van der Waals surface area contributed by atoms with Crippen LogP contribution in [0.2, 0.25) is 0 Å². The van der Waals surface area contributed by atoms with Gasteiger partial charge in [-0.3, -0.25) is 14.6 Å². The molecule has 0 aliphatic carbocycles. The van der Waals surface area contributed by atoms with E-state index in [0.717, 1.165) is 50.7 Å². The van der Waals surface area contributed by atoms with Gasteiger partial charge in [-0.05, 0) is 114 Å². The van der Waals surface area contributed by atoms with Crippen LogP contribution in [-0.4, -0.2) is 67.1 Å². The van der Waals surface area contributed by atoms with Crippen LogP contribution in [0.15, 0.2) is 72.8 Å². The van der Waals surface area contributed by atoms with Gasteiger partial charge in [-0.25, -0.2) is 0 Å². The number of ketones is 1. The average Bonchev–Trinajstić information content (AvgIpc) is 3.63. The maximum atomic E-state index is 13.9. The number of carbonyl (C=O) groups is 1.